The molecule has 2 rings (SSSR count). The summed E-state index contributed by atoms with van der Waals surface area (Å²) < 4.78 is 0. The van der Waals surface area contributed by atoms with Crippen molar-refractivity contribution in [1.29, 1.82) is 0 Å². The number of hydrogen-bond acceptors (Lipinski definition) is 3. The minimum absolute atomic E-state index is 0.479. The minimum Gasteiger partial charge on any atom is -0.397 e. The van der Waals surface area contributed by atoms with Crippen molar-refractivity contribution in [3.05, 3.63) is 23.2 Å². The van der Waals surface area contributed by atoms with E-state index in [0.29, 0.717) is 12.0 Å². The van der Waals surface area contributed by atoms with Gasteiger partial charge in [0.25, 0.3) is 0 Å². The first-order valence-corrected chi connectivity index (χ1v) is 6.44. The molecule has 0 saturated carbocycles. The van der Waals surface area contributed by atoms with Crippen molar-refractivity contribution in [2.75, 3.05) is 31.2 Å². The van der Waals surface area contributed by atoms with E-state index in [1.165, 1.54) is 0 Å². The standard InChI is InChI=1S/C13H20ClN3/c1-9-8-17(2)6-5-12(9)16-13-7-10(14)3-4-11(13)15/h3-4,7,9,12,16H,5-6,8,15H2,1-2H3. The third-order valence-electron chi connectivity index (χ3n) is 3.46. The Hall–Kier alpha value is -0.930. The molecule has 1 heterocycles. The van der Waals surface area contributed by atoms with Crippen LogP contribution in [0.3, 0.4) is 0 Å². The van der Waals surface area contributed by atoms with E-state index in [0.717, 1.165) is 35.9 Å². The summed E-state index contributed by atoms with van der Waals surface area (Å²) in [5, 5.41) is 4.25. The van der Waals surface area contributed by atoms with Gasteiger partial charge in [0.1, 0.15) is 0 Å². The summed E-state index contributed by atoms with van der Waals surface area (Å²) in [6.45, 7) is 4.52. The lowest BCUT2D eigenvalue weighted by atomic mass is 9.94. The van der Waals surface area contributed by atoms with E-state index in [-0.39, 0.29) is 0 Å². The average molecular weight is 254 g/mol. The second-order valence-corrected chi connectivity index (χ2v) is 5.45. The molecule has 1 aromatic carbocycles. The molecular formula is C13H20ClN3. The van der Waals surface area contributed by atoms with Gasteiger partial charge in [0.15, 0.2) is 0 Å². The molecule has 0 aromatic heterocycles. The highest BCUT2D eigenvalue weighted by molar-refractivity contribution is 6.31. The van der Waals surface area contributed by atoms with Gasteiger partial charge in [-0.05, 0) is 44.1 Å². The number of piperidine rings is 1. The van der Waals surface area contributed by atoms with E-state index in [1.807, 2.05) is 18.2 Å². The lowest BCUT2D eigenvalue weighted by Crippen LogP contribution is -2.43. The number of anilines is 2. The number of benzene rings is 1. The third kappa shape index (κ3) is 3.05. The first-order valence-electron chi connectivity index (χ1n) is 6.06. The van der Waals surface area contributed by atoms with Crippen LogP contribution in [0.4, 0.5) is 11.4 Å². The lowest BCUT2D eigenvalue weighted by molar-refractivity contribution is 0.206. The Morgan fingerprint density at radius 2 is 2.24 bits per heavy atom. The second kappa shape index (κ2) is 5.15. The van der Waals surface area contributed by atoms with Crippen LogP contribution in [-0.4, -0.2) is 31.1 Å². The predicted octanol–water partition coefficient (Wildman–Crippen LogP) is 2.67. The molecule has 1 fully saturated rings. The van der Waals surface area contributed by atoms with Crippen LogP contribution in [-0.2, 0) is 0 Å². The highest BCUT2D eigenvalue weighted by atomic mass is 35.5. The maximum absolute atomic E-state index is 5.99. The molecule has 17 heavy (non-hydrogen) atoms. The van der Waals surface area contributed by atoms with Crippen LogP contribution in [0.25, 0.3) is 0 Å². The Kier molecular flexibility index (Phi) is 3.79. The first-order chi connectivity index (χ1) is 8.06. The number of rotatable bonds is 2. The Morgan fingerprint density at radius 3 is 2.94 bits per heavy atom. The van der Waals surface area contributed by atoms with Crippen LogP contribution in [0.1, 0.15) is 13.3 Å². The van der Waals surface area contributed by atoms with Crippen molar-refractivity contribution < 1.29 is 0 Å². The van der Waals surface area contributed by atoms with Crippen LogP contribution in [0.15, 0.2) is 18.2 Å². The van der Waals surface area contributed by atoms with Gasteiger partial charge in [-0.1, -0.05) is 18.5 Å². The molecule has 0 radical (unpaired) electrons. The first kappa shape index (κ1) is 12.5. The zero-order valence-corrected chi connectivity index (χ0v) is 11.2. The van der Waals surface area contributed by atoms with E-state index < -0.39 is 0 Å². The van der Waals surface area contributed by atoms with Gasteiger partial charge in [0.05, 0.1) is 11.4 Å². The lowest BCUT2D eigenvalue weighted by Gasteiger charge is -2.36. The largest absolute Gasteiger partial charge is 0.397 e. The predicted molar refractivity (Wildman–Crippen MR) is 74.6 cm³/mol. The number of nitrogens with zero attached hydrogens (tertiary/aromatic N) is 1. The zero-order valence-electron chi connectivity index (χ0n) is 10.4. The van der Waals surface area contributed by atoms with Crippen molar-refractivity contribution in [3.8, 4) is 0 Å². The Morgan fingerprint density at radius 1 is 1.47 bits per heavy atom. The average Bonchev–Trinajstić information content (AvgIpc) is 2.27. The fourth-order valence-electron chi connectivity index (χ4n) is 2.42. The van der Waals surface area contributed by atoms with Gasteiger partial charge in [-0.15, -0.1) is 0 Å². The maximum atomic E-state index is 5.99. The molecule has 1 saturated heterocycles. The van der Waals surface area contributed by atoms with Crippen molar-refractivity contribution in [1.82, 2.24) is 4.90 Å². The molecule has 3 N–H and O–H groups in total. The quantitative estimate of drug-likeness (QED) is 0.797. The summed E-state index contributed by atoms with van der Waals surface area (Å²) in [5.74, 6) is 0.618. The summed E-state index contributed by atoms with van der Waals surface area (Å²) in [4.78, 5) is 2.37. The second-order valence-electron chi connectivity index (χ2n) is 5.01. The van der Waals surface area contributed by atoms with Crippen molar-refractivity contribution in [2.24, 2.45) is 5.92 Å². The van der Waals surface area contributed by atoms with E-state index >= 15 is 0 Å². The molecule has 0 aliphatic carbocycles. The van der Waals surface area contributed by atoms with Crippen LogP contribution in [0, 0.1) is 5.92 Å². The maximum Gasteiger partial charge on any atom is 0.0591 e. The molecule has 1 aliphatic heterocycles. The summed E-state index contributed by atoms with van der Waals surface area (Å²) in [6.07, 6.45) is 1.14. The van der Waals surface area contributed by atoms with E-state index in [9.17, 15) is 0 Å². The highest BCUT2D eigenvalue weighted by Gasteiger charge is 2.24. The smallest absolute Gasteiger partial charge is 0.0591 e. The molecule has 0 spiro atoms. The van der Waals surface area contributed by atoms with E-state index in [2.05, 4.69) is 24.2 Å². The van der Waals surface area contributed by atoms with Gasteiger partial charge >= 0.3 is 0 Å². The molecular weight excluding hydrogens is 234 g/mol. The van der Waals surface area contributed by atoms with Gasteiger partial charge in [0.2, 0.25) is 0 Å². The summed E-state index contributed by atoms with van der Waals surface area (Å²) in [6, 6.07) is 6.05. The zero-order chi connectivity index (χ0) is 12.4. The molecule has 4 heteroatoms. The van der Waals surface area contributed by atoms with Gasteiger partial charge < -0.3 is 16.0 Å². The minimum atomic E-state index is 0.479. The molecule has 2 atom stereocenters. The summed E-state index contributed by atoms with van der Waals surface area (Å²) >= 11 is 5.99. The Balaban J connectivity index is 2.07. The number of hydrogen-bond donors (Lipinski definition) is 2. The molecule has 0 amide bonds. The van der Waals surface area contributed by atoms with Gasteiger partial charge in [0, 0.05) is 17.6 Å². The summed E-state index contributed by atoms with van der Waals surface area (Å²) in [7, 11) is 2.17. The van der Waals surface area contributed by atoms with Gasteiger partial charge in [-0.2, -0.15) is 0 Å². The normalized spacial score (nSPS) is 25.8. The van der Waals surface area contributed by atoms with Crippen molar-refractivity contribution in [2.45, 2.75) is 19.4 Å². The summed E-state index contributed by atoms with van der Waals surface area (Å²) in [5.41, 5.74) is 7.67. The molecule has 1 aromatic rings. The molecule has 2 unspecified atom stereocenters. The number of likely N-dealkylation sites (tertiary alicyclic amines) is 1. The molecule has 0 bridgehead atoms. The third-order valence-corrected chi connectivity index (χ3v) is 3.70. The Labute approximate surface area is 108 Å². The number of nitrogen functional groups attached to an aromatic ring is 1. The monoisotopic (exact) mass is 253 g/mol. The molecule has 3 nitrogen and oxygen atoms in total. The SMILES string of the molecule is CC1CN(C)CCC1Nc1cc(Cl)ccc1N. The molecule has 94 valence electrons. The Bertz CT molecular complexity index is 394. The van der Waals surface area contributed by atoms with Gasteiger partial charge in [-0.25, -0.2) is 0 Å². The fourth-order valence-corrected chi connectivity index (χ4v) is 2.59. The number of halogens is 1. The fraction of sp³-hybridized carbons (Fsp3) is 0.538. The van der Waals surface area contributed by atoms with Crippen LogP contribution < -0.4 is 11.1 Å². The number of nitrogens with two attached hydrogens (primary N) is 1. The van der Waals surface area contributed by atoms with Crippen molar-refractivity contribution in [3.63, 3.8) is 0 Å². The number of nitrogens with one attached hydrogen (secondary N) is 1. The van der Waals surface area contributed by atoms with E-state index in [1.54, 1.807) is 0 Å². The van der Waals surface area contributed by atoms with Crippen LogP contribution in [0.2, 0.25) is 5.02 Å². The van der Waals surface area contributed by atoms with Gasteiger partial charge in [-0.3, -0.25) is 0 Å². The molecule has 1 aliphatic rings. The van der Waals surface area contributed by atoms with Crippen molar-refractivity contribution >= 4 is 23.0 Å². The van der Waals surface area contributed by atoms with Crippen LogP contribution >= 0.6 is 11.6 Å². The highest BCUT2D eigenvalue weighted by Crippen LogP contribution is 2.27. The van der Waals surface area contributed by atoms with E-state index in [4.69, 9.17) is 17.3 Å². The topological polar surface area (TPSA) is 41.3 Å². The van der Waals surface area contributed by atoms with Crippen LogP contribution in [0.5, 0.6) is 0 Å².